The largest absolute Gasteiger partial charge is 0.365 e. The number of carbonyl (C=O) groups excluding carboxylic acids is 1. The molecular formula is C23H27N5OS. The highest BCUT2D eigenvalue weighted by Gasteiger charge is 2.27. The van der Waals surface area contributed by atoms with E-state index in [1.54, 1.807) is 18.0 Å². The van der Waals surface area contributed by atoms with Gasteiger partial charge in [0.1, 0.15) is 0 Å². The number of pyridine rings is 1. The van der Waals surface area contributed by atoms with Gasteiger partial charge in [0.15, 0.2) is 5.82 Å². The summed E-state index contributed by atoms with van der Waals surface area (Å²) in [4.78, 5) is 22.9. The fraction of sp³-hybridized carbons (Fsp3) is 0.348. The lowest BCUT2D eigenvalue weighted by atomic mass is 10.1. The maximum Gasteiger partial charge on any atom is 0.255 e. The second-order valence-corrected chi connectivity index (χ2v) is 8.63. The Balaban J connectivity index is 1.49. The third kappa shape index (κ3) is 3.94. The van der Waals surface area contributed by atoms with Crippen molar-refractivity contribution in [2.24, 2.45) is 0 Å². The first-order valence-electron chi connectivity index (χ1n) is 10.3. The van der Waals surface area contributed by atoms with Crippen LogP contribution in [0.5, 0.6) is 0 Å². The number of rotatable bonds is 5. The number of aryl methyl sites for hydroxylation is 1. The van der Waals surface area contributed by atoms with Crippen molar-refractivity contribution >= 4 is 23.4 Å². The van der Waals surface area contributed by atoms with Crippen molar-refractivity contribution in [3.63, 3.8) is 0 Å². The molecule has 1 aliphatic rings. The minimum absolute atomic E-state index is 0.129. The average molecular weight is 422 g/mol. The number of hydrogen-bond acceptors (Lipinski definition) is 5. The number of anilines is 1. The van der Waals surface area contributed by atoms with Crippen molar-refractivity contribution in [1.29, 1.82) is 0 Å². The van der Waals surface area contributed by atoms with Crippen LogP contribution in [-0.2, 0) is 0 Å². The van der Waals surface area contributed by atoms with E-state index < -0.39 is 0 Å². The van der Waals surface area contributed by atoms with Gasteiger partial charge in [-0.1, -0.05) is 25.1 Å². The molecule has 3 aromatic rings. The van der Waals surface area contributed by atoms with Gasteiger partial charge in [-0.3, -0.25) is 4.79 Å². The fourth-order valence-electron chi connectivity index (χ4n) is 4.02. The first-order valence-corrected chi connectivity index (χ1v) is 11.3. The van der Waals surface area contributed by atoms with Gasteiger partial charge in [0, 0.05) is 37.3 Å². The Morgan fingerprint density at radius 1 is 1.03 bits per heavy atom. The highest BCUT2D eigenvalue weighted by atomic mass is 32.2. The van der Waals surface area contributed by atoms with Gasteiger partial charge in [-0.15, -0.1) is 11.8 Å². The normalized spacial score (nSPS) is 14.2. The average Bonchev–Trinajstić information content (AvgIpc) is 3.08. The Morgan fingerprint density at radius 3 is 2.47 bits per heavy atom. The molecule has 1 fully saturated rings. The lowest BCUT2D eigenvalue weighted by Crippen LogP contribution is -2.49. The number of nitrogens with zero attached hydrogens (tertiary/aromatic N) is 5. The third-order valence-electron chi connectivity index (χ3n) is 5.42. The Kier molecular flexibility index (Phi) is 6.08. The number of piperazine rings is 1. The van der Waals surface area contributed by atoms with Crippen LogP contribution in [0, 0.1) is 13.8 Å². The summed E-state index contributed by atoms with van der Waals surface area (Å²) in [5, 5.41) is 4.72. The van der Waals surface area contributed by atoms with Crippen LogP contribution in [0.4, 0.5) is 5.69 Å². The molecule has 0 radical (unpaired) electrons. The molecule has 0 bridgehead atoms. The molecule has 0 spiro atoms. The van der Waals surface area contributed by atoms with Crippen LogP contribution >= 0.6 is 11.8 Å². The molecule has 0 unspecified atom stereocenters. The predicted octanol–water partition coefficient (Wildman–Crippen LogP) is 3.96. The molecule has 30 heavy (non-hydrogen) atoms. The van der Waals surface area contributed by atoms with Crippen molar-refractivity contribution in [3.05, 3.63) is 65.6 Å². The van der Waals surface area contributed by atoms with E-state index >= 15 is 0 Å². The van der Waals surface area contributed by atoms with Gasteiger partial charge in [0.05, 0.1) is 22.6 Å². The summed E-state index contributed by atoms with van der Waals surface area (Å²) >= 11 is 1.72. The predicted molar refractivity (Wildman–Crippen MR) is 122 cm³/mol. The molecule has 7 heteroatoms. The van der Waals surface area contributed by atoms with Crippen LogP contribution < -0.4 is 4.90 Å². The van der Waals surface area contributed by atoms with Crippen LogP contribution in [0.2, 0.25) is 0 Å². The first kappa shape index (κ1) is 20.5. The lowest BCUT2D eigenvalue weighted by Gasteiger charge is -2.36. The highest BCUT2D eigenvalue weighted by molar-refractivity contribution is 7.99. The topological polar surface area (TPSA) is 54.3 Å². The van der Waals surface area contributed by atoms with Gasteiger partial charge in [0.2, 0.25) is 0 Å². The van der Waals surface area contributed by atoms with Gasteiger partial charge >= 0.3 is 0 Å². The molecule has 0 N–H and O–H groups in total. The first-order chi connectivity index (χ1) is 14.6. The van der Waals surface area contributed by atoms with E-state index in [2.05, 4.69) is 23.7 Å². The molecule has 1 saturated heterocycles. The van der Waals surface area contributed by atoms with Crippen LogP contribution in [0.25, 0.3) is 5.82 Å². The molecule has 0 atom stereocenters. The third-order valence-corrected chi connectivity index (χ3v) is 6.38. The van der Waals surface area contributed by atoms with Gasteiger partial charge in [-0.2, -0.15) is 5.10 Å². The molecule has 3 heterocycles. The summed E-state index contributed by atoms with van der Waals surface area (Å²) in [5.41, 5.74) is 4.03. The molecule has 1 aromatic carbocycles. The number of aromatic nitrogens is 3. The highest BCUT2D eigenvalue weighted by Crippen LogP contribution is 2.28. The minimum atomic E-state index is 0.129. The van der Waals surface area contributed by atoms with E-state index in [-0.39, 0.29) is 5.91 Å². The summed E-state index contributed by atoms with van der Waals surface area (Å²) in [6, 6.07) is 13.8. The summed E-state index contributed by atoms with van der Waals surface area (Å²) in [7, 11) is 0. The summed E-state index contributed by atoms with van der Waals surface area (Å²) < 4.78 is 1.90. The van der Waals surface area contributed by atoms with Crippen molar-refractivity contribution < 1.29 is 4.79 Å². The van der Waals surface area contributed by atoms with Crippen molar-refractivity contribution in [2.45, 2.75) is 25.7 Å². The lowest BCUT2D eigenvalue weighted by molar-refractivity contribution is 0.0743. The van der Waals surface area contributed by atoms with E-state index in [0.29, 0.717) is 13.1 Å². The van der Waals surface area contributed by atoms with E-state index in [0.717, 1.165) is 52.2 Å². The van der Waals surface area contributed by atoms with E-state index in [1.165, 1.54) is 0 Å². The van der Waals surface area contributed by atoms with Gasteiger partial charge < -0.3 is 9.80 Å². The second kappa shape index (κ2) is 8.92. The Bertz CT molecular complexity index is 1030. The molecule has 4 rings (SSSR count). The number of thioether (sulfide) groups is 1. The van der Waals surface area contributed by atoms with E-state index in [9.17, 15) is 4.79 Å². The number of amides is 1. The second-order valence-electron chi connectivity index (χ2n) is 7.33. The van der Waals surface area contributed by atoms with Crippen LogP contribution in [0.3, 0.4) is 0 Å². The fourth-order valence-corrected chi connectivity index (χ4v) is 4.82. The van der Waals surface area contributed by atoms with E-state index in [4.69, 9.17) is 5.10 Å². The summed E-state index contributed by atoms with van der Waals surface area (Å²) in [5.74, 6) is 1.91. The maximum absolute atomic E-state index is 13.1. The molecule has 1 aliphatic heterocycles. The smallest absolute Gasteiger partial charge is 0.255 e. The SMILES string of the molecule is CCSc1ccccc1C(=O)N1CCN(c2c(C)nn(-c3ccccn3)c2C)CC1. The zero-order chi connectivity index (χ0) is 21.1. The minimum Gasteiger partial charge on any atom is -0.365 e. The quantitative estimate of drug-likeness (QED) is 0.584. The zero-order valence-corrected chi connectivity index (χ0v) is 18.5. The number of benzene rings is 1. The number of carbonyl (C=O) groups is 1. The van der Waals surface area contributed by atoms with Crippen LogP contribution in [-0.4, -0.2) is 57.5 Å². The Morgan fingerprint density at radius 2 is 1.77 bits per heavy atom. The monoisotopic (exact) mass is 421 g/mol. The number of hydrogen-bond donors (Lipinski definition) is 0. The summed E-state index contributed by atoms with van der Waals surface area (Å²) in [6.45, 7) is 9.24. The molecular weight excluding hydrogens is 394 g/mol. The standard InChI is InChI=1S/C23H27N5OS/c1-4-30-20-10-6-5-9-19(20)23(29)27-15-13-26(14-16-27)22-17(2)25-28(18(22)3)21-11-7-8-12-24-21/h5-12H,4,13-16H2,1-3H3. The van der Waals surface area contributed by atoms with Crippen molar-refractivity contribution in [2.75, 3.05) is 36.8 Å². The zero-order valence-electron chi connectivity index (χ0n) is 17.7. The molecule has 156 valence electrons. The van der Waals surface area contributed by atoms with Gasteiger partial charge in [-0.05, 0) is 43.9 Å². The molecule has 1 amide bonds. The van der Waals surface area contributed by atoms with Crippen molar-refractivity contribution in [3.8, 4) is 5.82 Å². The van der Waals surface area contributed by atoms with Crippen LogP contribution in [0.1, 0.15) is 28.7 Å². The van der Waals surface area contributed by atoms with E-state index in [1.807, 2.05) is 59.0 Å². The van der Waals surface area contributed by atoms with Crippen molar-refractivity contribution in [1.82, 2.24) is 19.7 Å². The van der Waals surface area contributed by atoms with Crippen LogP contribution in [0.15, 0.2) is 53.6 Å². The Hall–Kier alpha value is -2.80. The molecule has 0 aliphatic carbocycles. The molecule has 0 saturated carbocycles. The molecule has 6 nitrogen and oxygen atoms in total. The molecule has 2 aromatic heterocycles. The van der Waals surface area contributed by atoms with Gasteiger partial charge in [-0.25, -0.2) is 9.67 Å². The summed E-state index contributed by atoms with van der Waals surface area (Å²) in [6.07, 6.45) is 1.78. The maximum atomic E-state index is 13.1. The van der Waals surface area contributed by atoms with Gasteiger partial charge in [0.25, 0.3) is 5.91 Å². The Labute approximate surface area is 181 Å².